The Morgan fingerprint density at radius 2 is 1.95 bits per heavy atom. The van der Waals surface area contributed by atoms with Crippen LogP contribution >= 0.6 is 0 Å². The Labute approximate surface area is 125 Å². The molecule has 0 amide bonds. The van der Waals surface area contributed by atoms with Crippen LogP contribution in [0.25, 0.3) is 10.9 Å². The van der Waals surface area contributed by atoms with Gasteiger partial charge in [-0.2, -0.15) is 0 Å². The first kappa shape index (κ1) is 15.9. The maximum atomic E-state index is 12.7. The van der Waals surface area contributed by atoms with Crippen molar-refractivity contribution < 1.29 is 13.5 Å². The fraction of sp³-hybridized carbons (Fsp3) is 0.400. The van der Waals surface area contributed by atoms with Crippen molar-refractivity contribution >= 4 is 20.9 Å². The summed E-state index contributed by atoms with van der Waals surface area (Å²) in [7, 11) is -1.94. The molecule has 0 aliphatic carbocycles. The fourth-order valence-corrected chi connectivity index (χ4v) is 3.62. The highest BCUT2D eigenvalue weighted by molar-refractivity contribution is 7.89. The molecule has 2 aromatic rings. The number of pyridine rings is 1. The van der Waals surface area contributed by atoms with Crippen molar-refractivity contribution in [1.82, 2.24) is 9.29 Å². The van der Waals surface area contributed by atoms with Crippen LogP contribution in [0.5, 0.6) is 0 Å². The number of benzene rings is 1. The lowest BCUT2D eigenvalue weighted by Crippen LogP contribution is -2.28. The van der Waals surface area contributed by atoms with Gasteiger partial charge in [0.05, 0.1) is 10.4 Å². The molecule has 0 saturated carbocycles. The number of aromatic nitrogens is 1. The van der Waals surface area contributed by atoms with Gasteiger partial charge in [-0.1, -0.05) is 6.07 Å². The Kier molecular flexibility index (Phi) is 5.27. The van der Waals surface area contributed by atoms with Crippen LogP contribution in [0.3, 0.4) is 0 Å². The predicted molar refractivity (Wildman–Crippen MR) is 82.5 cm³/mol. The Morgan fingerprint density at radius 1 is 1.14 bits per heavy atom. The van der Waals surface area contributed by atoms with E-state index in [1.165, 1.54) is 4.31 Å². The molecule has 0 atom stereocenters. The molecule has 1 N–H and O–H groups in total. The molecule has 0 bridgehead atoms. The van der Waals surface area contributed by atoms with Gasteiger partial charge < -0.3 is 5.11 Å². The van der Waals surface area contributed by atoms with Crippen LogP contribution in [-0.2, 0) is 10.0 Å². The van der Waals surface area contributed by atoms with Gasteiger partial charge in [0.15, 0.2) is 0 Å². The molecule has 6 heteroatoms. The van der Waals surface area contributed by atoms with E-state index in [0.717, 1.165) is 12.8 Å². The Bertz CT molecular complexity index is 696. The molecule has 1 heterocycles. The Balaban J connectivity index is 2.25. The summed E-state index contributed by atoms with van der Waals surface area (Å²) < 4.78 is 26.7. The third-order valence-corrected chi connectivity index (χ3v) is 5.34. The Morgan fingerprint density at radius 3 is 2.71 bits per heavy atom. The average Bonchev–Trinajstić information content (AvgIpc) is 2.50. The summed E-state index contributed by atoms with van der Waals surface area (Å²) in [5, 5.41) is 9.39. The lowest BCUT2D eigenvalue weighted by molar-refractivity contribution is 0.281. The summed E-state index contributed by atoms with van der Waals surface area (Å²) in [5.41, 5.74) is 0.673. The van der Waals surface area contributed by atoms with Crippen LogP contribution in [0, 0.1) is 0 Å². The van der Waals surface area contributed by atoms with Crippen LogP contribution in [-0.4, -0.2) is 43.0 Å². The van der Waals surface area contributed by atoms with E-state index in [0.29, 0.717) is 23.9 Å². The van der Waals surface area contributed by atoms with Gasteiger partial charge >= 0.3 is 0 Å². The molecule has 114 valence electrons. The lowest BCUT2D eigenvalue weighted by atomic mass is 10.2. The third-order valence-electron chi connectivity index (χ3n) is 3.43. The highest BCUT2D eigenvalue weighted by Gasteiger charge is 2.22. The Hall–Kier alpha value is -1.50. The minimum absolute atomic E-state index is 0.144. The zero-order valence-corrected chi connectivity index (χ0v) is 12.9. The highest BCUT2D eigenvalue weighted by atomic mass is 32.2. The molecule has 0 spiro atoms. The molecule has 0 aliphatic rings. The second-order valence-corrected chi connectivity index (χ2v) is 6.95. The summed E-state index contributed by atoms with van der Waals surface area (Å²) in [6.07, 6.45) is 3.90. The van der Waals surface area contributed by atoms with Crippen molar-refractivity contribution in [3.63, 3.8) is 0 Å². The molecule has 0 unspecified atom stereocenters. The van der Waals surface area contributed by atoms with E-state index in [2.05, 4.69) is 4.98 Å². The number of rotatable bonds is 7. The first-order chi connectivity index (χ1) is 10.1. The minimum atomic E-state index is -3.52. The standard InChI is InChI=1S/C15H20N2O3S/c1-17(11-3-2-4-12-18)21(19,20)15-9-5-8-14-13(15)7-6-10-16-14/h5-10,18H,2-4,11-12H2,1H3. The van der Waals surface area contributed by atoms with E-state index < -0.39 is 10.0 Å². The number of fused-ring (bicyclic) bond motifs is 1. The number of hydrogen-bond donors (Lipinski definition) is 1. The normalized spacial score (nSPS) is 12.1. The van der Waals surface area contributed by atoms with Gasteiger partial charge in [-0.25, -0.2) is 12.7 Å². The van der Waals surface area contributed by atoms with Crippen molar-refractivity contribution in [3.8, 4) is 0 Å². The quantitative estimate of drug-likeness (QED) is 0.794. The van der Waals surface area contributed by atoms with Crippen molar-refractivity contribution in [1.29, 1.82) is 0 Å². The molecule has 0 fully saturated rings. The first-order valence-corrected chi connectivity index (χ1v) is 8.42. The number of aliphatic hydroxyl groups is 1. The van der Waals surface area contributed by atoms with Crippen LogP contribution in [0.1, 0.15) is 19.3 Å². The van der Waals surface area contributed by atoms with E-state index in [1.807, 2.05) is 0 Å². The van der Waals surface area contributed by atoms with E-state index in [-0.39, 0.29) is 11.5 Å². The number of hydrogen-bond acceptors (Lipinski definition) is 4. The van der Waals surface area contributed by atoms with Crippen molar-refractivity contribution in [2.24, 2.45) is 0 Å². The SMILES string of the molecule is CN(CCCCCO)S(=O)(=O)c1cccc2ncccc12. The fourth-order valence-electron chi connectivity index (χ4n) is 2.21. The van der Waals surface area contributed by atoms with Gasteiger partial charge in [0, 0.05) is 31.8 Å². The van der Waals surface area contributed by atoms with Crippen LogP contribution < -0.4 is 0 Å². The number of unbranched alkanes of at least 4 members (excludes halogenated alkanes) is 2. The molecule has 0 radical (unpaired) electrons. The molecule has 21 heavy (non-hydrogen) atoms. The zero-order valence-electron chi connectivity index (χ0n) is 12.1. The molecular formula is C15H20N2O3S. The monoisotopic (exact) mass is 308 g/mol. The second-order valence-electron chi connectivity index (χ2n) is 4.94. The smallest absolute Gasteiger partial charge is 0.243 e. The summed E-state index contributed by atoms with van der Waals surface area (Å²) in [6, 6.07) is 8.64. The third kappa shape index (κ3) is 3.58. The molecule has 1 aromatic heterocycles. The summed E-state index contributed by atoms with van der Waals surface area (Å²) in [4.78, 5) is 4.48. The predicted octanol–water partition coefficient (Wildman–Crippen LogP) is 2.02. The molecule has 0 saturated heterocycles. The molecule has 1 aromatic carbocycles. The molecule has 5 nitrogen and oxygen atoms in total. The van der Waals surface area contributed by atoms with E-state index in [4.69, 9.17) is 5.11 Å². The van der Waals surface area contributed by atoms with Crippen molar-refractivity contribution in [3.05, 3.63) is 36.5 Å². The number of aliphatic hydroxyl groups excluding tert-OH is 1. The largest absolute Gasteiger partial charge is 0.396 e. The maximum Gasteiger partial charge on any atom is 0.243 e. The van der Waals surface area contributed by atoms with Crippen LogP contribution in [0.2, 0.25) is 0 Å². The maximum absolute atomic E-state index is 12.7. The summed E-state index contributed by atoms with van der Waals surface area (Å²) in [5.74, 6) is 0. The van der Waals surface area contributed by atoms with E-state index in [1.54, 1.807) is 43.6 Å². The van der Waals surface area contributed by atoms with Crippen molar-refractivity contribution in [2.75, 3.05) is 20.2 Å². The van der Waals surface area contributed by atoms with Gasteiger partial charge in [-0.15, -0.1) is 0 Å². The lowest BCUT2D eigenvalue weighted by Gasteiger charge is -2.18. The molecule has 0 aliphatic heterocycles. The summed E-state index contributed by atoms with van der Waals surface area (Å²) in [6.45, 7) is 0.588. The average molecular weight is 308 g/mol. The van der Waals surface area contributed by atoms with Gasteiger partial charge in [-0.05, 0) is 43.5 Å². The second kappa shape index (κ2) is 6.98. The number of nitrogens with zero attached hydrogens (tertiary/aromatic N) is 2. The summed E-state index contributed by atoms with van der Waals surface area (Å²) >= 11 is 0. The van der Waals surface area contributed by atoms with Gasteiger partial charge in [0.1, 0.15) is 0 Å². The van der Waals surface area contributed by atoms with E-state index >= 15 is 0 Å². The van der Waals surface area contributed by atoms with Gasteiger partial charge in [-0.3, -0.25) is 4.98 Å². The minimum Gasteiger partial charge on any atom is -0.396 e. The molecule has 2 rings (SSSR count). The van der Waals surface area contributed by atoms with Gasteiger partial charge in [0.25, 0.3) is 0 Å². The first-order valence-electron chi connectivity index (χ1n) is 6.98. The highest BCUT2D eigenvalue weighted by Crippen LogP contribution is 2.24. The molecular weight excluding hydrogens is 288 g/mol. The van der Waals surface area contributed by atoms with Gasteiger partial charge in [0.2, 0.25) is 10.0 Å². The van der Waals surface area contributed by atoms with Crippen LogP contribution in [0.4, 0.5) is 0 Å². The number of sulfonamides is 1. The zero-order chi connectivity index (χ0) is 15.3. The van der Waals surface area contributed by atoms with Crippen LogP contribution in [0.15, 0.2) is 41.4 Å². The topological polar surface area (TPSA) is 70.5 Å². The van der Waals surface area contributed by atoms with E-state index in [9.17, 15) is 8.42 Å². The van der Waals surface area contributed by atoms with Crippen molar-refractivity contribution in [2.45, 2.75) is 24.2 Å².